The van der Waals surface area contributed by atoms with Gasteiger partial charge in [0.1, 0.15) is 11.4 Å². The van der Waals surface area contributed by atoms with E-state index in [1.165, 1.54) is 10.7 Å². The molecule has 1 aliphatic heterocycles. The first-order valence-electron chi connectivity index (χ1n) is 13.1. The topological polar surface area (TPSA) is 89.6 Å². The van der Waals surface area contributed by atoms with Crippen molar-refractivity contribution in [2.75, 3.05) is 23.3 Å². The Balaban J connectivity index is 1.37. The minimum atomic E-state index is -2.80. The summed E-state index contributed by atoms with van der Waals surface area (Å²) in [6.07, 6.45) is 5.87. The lowest BCUT2D eigenvalue weighted by Gasteiger charge is -2.36. The van der Waals surface area contributed by atoms with Gasteiger partial charge in [0.2, 0.25) is 0 Å². The lowest BCUT2D eigenvalue weighted by Crippen LogP contribution is -2.45. The monoisotopic (exact) mass is 515 g/mol. The van der Waals surface area contributed by atoms with Crippen LogP contribution in [0.2, 0.25) is 0 Å². The Morgan fingerprint density at radius 1 is 1.14 bits per heavy atom. The lowest BCUT2D eigenvalue weighted by molar-refractivity contribution is -0.00545. The van der Waals surface area contributed by atoms with E-state index in [0.717, 1.165) is 25.7 Å². The van der Waals surface area contributed by atoms with Crippen molar-refractivity contribution in [2.24, 2.45) is 11.8 Å². The number of alkyl halides is 2. The molecule has 1 amide bonds. The number of amides is 1. The summed E-state index contributed by atoms with van der Waals surface area (Å²) in [6.45, 7) is 9.83. The van der Waals surface area contributed by atoms with E-state index in [1.54, 1.807) is 17.1 Å². The summed E-state index contributed by atoms with van der Waals surface area (Å²) in [5, 5.41) is 11.1. The molecule has 4 heterocycles. The summed E-state index contributed by atoms with van der Waals surface area (Å²) in [6, 6.07) is 1.90. The second-order valence-electron chi connectivity index (χ2n) is 10.7. The smallest absolute Gasteiger partial charge is 0.284 e. The third-order valence-corrected chi connectivity index (χ3v) is 7.62. The predicted molar refractivity (Wildman–Crippen MR) is 136 cm³/mol. The standard InChI is InChI=1S/C26H35F2N7O2/c1-15(2)18-5-7-19(8-6-18)35-14-21(23(32-35)24(27)28)30-26(36)20-11-29-34-10-9-22(31-25(20)34)33-12-16(3)37-17(4)13-33/h9-11,14-19,24H,5-8,12-13H2,1-4H3,(H,30,36)/t16-,17+,18?,19?. The van der Waals surface area contributed by atoms with Crippen LogP contribution in [-0.2, 0) is 4.74 Å². The van der Waals surface area contributed by atoms with Crippen molar-refractivity contribution >= 4 is 23.1 Å². The number of anilines is 2. The molecule has 2 atom stereocenters. The largest absolute Gasteiger partial charge is 0.372 e. The molecule has 3 aromatic rings. The van der Waals surface area contributed by atoms with Crippen LogP contribution in [0.25, 0.3) is 5.65 Å². The van der Waals surface area contributed by atoms with Crippen molar-refractivity contribution in [3.8, 4) is 0 Å². The summed E-state index contributed by atoms with van der Waals surface area (Å²) in [4.78, 5) is 20.0. The minimum absolute atomic E-state index is 0.0253. The van der Waals surface area contributed by atoms with Gasteiger partial charge in [-0.1, -0.05) is 13.8 Å². The fourth-order valence-corrected chi connectivity index (χ4v) is 5.63. The molecule has 200 valence electrons. The molecular formula is C26H35F2N7O2. The number of halogens is 2. The minimum Gasteiger partial charge on any atom is -0.372 e. The zero-order valence-corrected chi connectivity index (χ0v) is 21.8. The van der Waals surface area contributed by atoms with Gasteiger partial charge in [0, 0.05) is 25.5 Å². The van der Waals surface area contributed by atoms with Gasteiger partial charge < -0.3 is 15.0 Å². The van der Waals surface area contributed by atoms with Gasteiger partial charge in [0.15, 0.2) is 11.3 Å². The predicted octanol–water partition coefficient (Wildman–Crippen LogP) is 5.12. The molecule has 2 aliphatic rings. The second kappa shape index (κ2) is 10.4. The molecule has 0 unspecified atom stereocenters. The van der Waals surface area contributed by atoms with E-state index in [-0.39, 0.29) is 29.5 Å². The van der Waals surface area contributed by atoms with Gasteiger partial charge in [0.25, 0.3) is 12.3 Å². The molecular weight excluding hydrogens is 480 g/mol. The highest BCUT2D eigenvalue weighted by atomic mass is 19.3. The van der Waals surface area contributed by atoms with E-state index in [1.807, 2.05) is 19.9 Å². The molecule has 5 rings (SSSR count). The van der Waals surface area contributed by atoms with Crippen LogP contribution in [0.1, 0.15) is 81.9 Å². The molecule has 0 radical (unpaired) electrons. The highest BCUT2D eigenvalue weighted by Gasteiger charge is 2.29. The number of hydrogen-bond acceptors (Lipinski definition) is 6. The normalized spacial score (nSPS) is 24.8. The first kappa shape index (κ1) is 25.6. The number of rotatable bonds is 6. The molecule has 37 heavy (non-hydrogen) atoms. The molecule has 0 spiro atoms. The zero-order valence-electron chi connectivity index (χ0n) is 21.8. The van der Waals surface area contributed by atoms with Gasteiger partial charge in [-0.3, -0.25) is 9.48 Å². The zero-order chi connectivity index (χ0) is 26.3. The third kappa shape index (κ3) is 5.32. The summed E-state index contributed by atoms with van der Waals surface area (Å²) in [7, 11) is 0. The Morgan fingerprint density at radius 2 is 1.84 bits per heavy atom. The first-order chi connectivity index (χ1) is 17.7. The average Bonchev–Trinajstić information content (AvgIpc) is 3.47. The van der Waals surface area contributed by atoms with E-state index in [9.17, 15) is 13.6 Å². The molecule has 0 aromatic carbocycles. The highest BCUT2D eigenvalue weighted by Crippen LogP contribution is 2.37. The van der Waals surface area contributed by atoms with Crippen LogP contribution in [0, 0.1) is 11.8 Å². The molecule has 11 heteroatoms. The van der Waals surface area contributed by atoms with Crippen molar-refractivity contribution in [1.82, 2.24) is 24.4 Å². The van der Waals surface area contributed by atoms with Crippen LogP contribution >= 0.6 is 0 Å². The Morgan fingerprint density at radius 3 is 2.49 bits per heavy atom. The number of ether oxygens (including phenoxy) is 1. The summed E-state index contributed by atoms with van der Waals surface area (Å²) in [5.74, 6) is 1.42. The van der Waals surface area contributed by atoms with E-state index < -0.39 is 18.0 Å². The Kier molecular flexibility index (Phi) is 7.15. The Bertz CT molecular complexity index is 1240. The van der Waals surface area contributed by atoms with Crippen LogP contribution in [-0.4, -0.2) is 55.6 Å². The van der Waals surface area contributed by atoms with Gasteiger partial charge in [-0.25, -0.2) is 18.3 Å². The Hall–Kier alpha value is -3.08. The SMILES string of the molecule is CC(C)C1CCC(n2cc(NC(=O)c3cnn4ccc(N5C[C@@H](C)O[C@@H](C)C5)nc34)c(C(F)F)n2)CC1. The summed E-state index contributed by atoms with van der Waals surface area (Å²) >= 11 is 0. The second-order valence-corrected chi connectivity index (χ2v) is 10.7. The molecule has 2 fully saturated rings. The van der Waals surface area contributed by atoms with Crippen LogP contribution in [0.15, 0.2) is 24.7 Å². The number of aromatic nitrogens is 5. The van der Waals surface area contributed by atoms with E-state index >= 15 is 0 Å². The van der Waals surface area contributed by atoms with Crippen molar-refractivity contribution in [2.45, 2.75) is 78.1 Å². The molecule has 1 N–H and O–H groups in total. The third-order valence-electron chi connectivity index (χ3n) is 7.62. The van der Waals surface area contributed by atoms with Crippen molar-refractivity contribution in [3.05, 3.63) is 35.9 Å². The van der Waals surface area contributed by atoms with Crippen LogP contribution in [0.3, 0.4) is 0 Å². The number of hydrogen-bond donors (Lipinski definition) is 1. The number of carbonyl (C=O) groups is 1. The molecule has 0 bridgehead atoms. The van der Waals surface area contributed by atoms with Crippen LogP contribution < -0.4 is 10.2 Å². The maximum atomic E-state index is 13.9. The molecule has 3 aromatic heterocycles. The number of nitrogens with zero attached hydrogens (tertiary/aromatic N) is 6. The quantitative estimate of drug-likeness (QED) is 0.490. The number of carbonyl (C=O) groups excluding carboxylic acids is 1. The van der Waals surface area contributed by atoms with Crippen molar-refractivity contribution < 1.29 is 18.3 Å². The maximum Gasteiger partial charge on any atom is 0.284 e. The fraction of sp³-hybridized carbons (Fsp3) is 0.615. The van der Waals surface area contributed by atoms with Crippen LogP contribution in [0.5, 0.6) is 0 Å². The molecule has 1 saturated heterocycles. The summed E-state index contributed by atoms with van der Waals surface area (Å²) < 4.78 is 36.7. The number of morpholine rings is 1. The van der Waals surface area contributed by atoms with E-state index in [2.05, 4.69) is 39.2 Å². The van der Waals surface area contributed by atoms with Crippen molar-refractivity contribution in [3.63, 3.8) is 0 Å². The van der Waals surface area contributed by atoms with Crippen molar-refractivity contribution in [1.29, 1.82) is 0 Å². The molecule has 9 nitrogen and oxygen atoms in total. The molecule has 1 saturated carbocycles. The number of nitrogens with one attached hydrogen (secondary N) is 1. The molecule has 1 aliphatic carbocycles. The van der Waals surface area contributed by atoms with Gasteiger partial charge in [0.05, 0.1) is 30.1 Å². The van der Waals surface area contributed by atoms with Gasteiger partial charge in [-0.05, 0) is 57.4 Å². The van der Waals surface area contributed by atoms with E-state index in [0.29, 0.717) is 36.4 Å². The van der Waals surface area contributed by atoms with Gasteiger partial charge in [-0.2, -0.15) is 10.2 Å². The first-order valence-corrected chi connectivity index (χ1v) is 13.1. The van der Waals surface area contributed by atoms with E-state index in [4.69, 9.17) is 4.74 Å². The summed E-state index contributed by atoms with van der Waals surface area (Å²) in [5.41, 5.74) is 0.180. The maximum absolute atomic E-state index is 13.9. The highest BCUT2D eigenvalue weighted by molar-refractivity contribution is 6.08. The fourth-order valence-electron chi connectivity index (χ4n) is 5.63. The Labute approximate surface area is 215 Å². The average molecular weight is 516 g/mol. The van der Waals surface area contributed by atoms with Gasteiger partial charge in [-0.15, -0.1) is 0 Å². The lowest BCUT2D eigenvalue weighted by atomic mass is 9.80. The number of fused-ring (bicyclic) bond motifs is 1. The van der Waals surface area contributed by atoms with Gasteiger partial charge >= 0.3 is 0 Å². The van der Waals surface area contributed by atoms with Crippen LogP contribution in [0.4, 0.5) is 20.3 Å².